The fraction of sp³-hybridized carbons (Fsp3) is 0.0667. The van der Waals surface area contributed by atoms with Gasteiger partial charge in [-0.25, -0.2) is 15.0 Å². The van der Waals surface area contributed by atoms with E-state index in [1.807, 2.05) is 30.5 Å². The number of para-hydroxylation sites is 1. The zero-order valence-corrected chi connectivity index (χ0v) is 13.3. The molecule has 0 spiro atoms. The number of amides is 1. The van der Waals surface area contributed by atoms with Crippen molar-refractivity contribution in [2.75, 3.05) is 11.6 Å². The van der Waals surface area contributed by atoms with Gasteiger partial charge >= 0.3 is 0 Å². The number of hydrogen-bond acceptors (Lipinski definition) is 6. The van der Waals surface area contributed by atoms with E-state index in [4.69, 9.17) is 0 Å². The lowest BCUT2D eigenvalue weighted by molar-refractivity contribution is -0.111. The molecule has 0 unspecified atom stereocenters. The maximum absolute atomic E-state index is 11.9. The summed E-state index contributed by atoms with van der Waals surface area (Å²) in [6.07, 6.45) is 8.40. The molecule has 110 valence electrons. The minimum atomic E-state index is -0.229. The first-order valence-electron chi connectivity index (χ1n) is 6.45. The molecule has 0 aliphatic carbocycles. The van der Waals surface area contributed by atoms with Crippen molar-refractivity contribution >= 4 is 50.4 Å². The highest BCUT2D eigenvalue weighted by atomic mass is 32.2. The summed E-state index contributed by atoms with van der Waals surface area (Å²) < 4.78 is 1.04. The fourth-order valence-corrected chi connectivity index (χ4v) is 2.95. The molecule has 3 rings (SSSR count). The van der Waals surface area contributed by atoms with Crippen molar-refractivity contribution in [1.82, 2.24) is 15.0 Å². The molecular weight excluding hydrogens is 316 g/mol. The Bertz CT molecular complexity index is 794. The molecule has 1 aromatic carbocycles. The van der Waals surface area contributed by atoms with E-state index in [9.17, 15) is 4.79 Å². The van der Waals surface area contributed by atoms with Crippen molar-refractivity contribution in [1.29, 1.82) is 0 Å². The van der Waals surface area contributed by atoms with Crippen LogP contribution >= 0.6 is 23.1 Å². The Kier molecular flexibility index (Phi) is 4.45. The standard InChI is InChI=1S/C15H12N4OS2/c1-21-14-16-8-10(9-17-14)6-7-13(20)19-15-18-11-4-2-3-5-12(11)22-15/h2-9H,1H3,(H,18,19,20)/b7-6+. The Morgan fingerprint density at radius 1 is 1.27 bits per heavy atom. The molecule has 0 bridgehead atoms. The zero-order valence-electron chi connectivity index (χ0n) is 11.7. The van der Waals surface area contributed by atoms with E-state index >= 15 is 0 Å². The second kappa shape index (κ2) is 6.67. The summed E-state index contributed by atoms with van der Waals surface area (Å²) in [5.41, 5.74) is 1.66. The van der Waals surface area contributed by atoms with Gasteiger partial charge in [0.1, 0.15) is 0 Å². The second-order valence-electron chi connectivity index (χ2n) is 4.31. The van der Waals surface area contributed by atoms with E-state index in [1.165, 1.54) is 29.2 Å². The Morgan fingerprint density at radius 3 is 2.77 bits per heavy atom. The number of anilines is 1. The van der Waals surface area contributed by atoms with Crippen molar-refractivity contribution in [3.8, 4) is 0 Å². The van der Waals surface area contributed by atoms with Gasteiger partial charge in [0.15, 0.2) is 10.3 Å². The van der Waals surface area contributed by atoms with E-state index in [2.05, 4.69) is 20.3 Å². The van der Waals surface area contributed by atoms with Crippen molar-refractivity contribution in [3.63, 3.8) is 0 Å². The highest BCUT2D eigenvalue weighted by molar-refractivity contribution is 7.98. The van der Waals surface area contributed by atoms with E-state index in [1.54, 1.807) is 18.5 Å². The smallest absolute Gasteiger partial charge is 0.250 e. The van der Waals surface area contributed by atoms with Gasteiger partial charge in [0.2, 0.25) is 5.91 Å². The summed E-state index contributed by atoms with van der Waals surface area (Å²) in [6, 6.07) is 7.77. The van der Waals surface area contributed by atoms with Crippen molar-refractivity contribution < 1.29 is 4.79 Å². The summed E-state index contributed by atoms with van der Waals surface area (Å²) in [4.78, 5) is 24.6. The molecule has 2 aromatic heterocycles. The molecule has 1 N–H and O–H groups in total. The summed E-state index contributed by atoms with van der Waals surface area (Å²) in [6.45, 7) is 0. The third-order valence-corrected chi connectivity index (χ3v) is 4.31. The summed E-state index contributed by atoms with van der Waals surface area (Å²) in [7, 11) is 0. The van der Waals surface area contributed by atoms with E-state index < -0.39 is 0 Å². The van der Waals surface area contributed by atoms with Crippen molar-refractivity contribution in [3.05, 3.63) is 48.3 Å². The van der Waals surface area contributed by atoms with Gasteiger partial charge in [0, 0.05) is 24.0 Å². The predicted molar refractivity (Wildman–Crippen MR) is 91.1 cm³/mol. The van der Waals surface area contributed by atoms with Crippen LogP contribution in [0.15, 0.2) is 47.9 Å². The first kappa shape index (κ1) is 14.7. The van der Waals surface area contributed by atoms with Crippen LogP contribution in [0.25, 0.3) is 16.3 Å². The van der Waals surface area contributed by atoms with E-state index in [-0.39, 0.29) is 5.91 Å². The third-order valence-electron chi connectivity index (χ3n) is 2.78. The number of benzene rings is 1. The van der Waals surface area contributed by atoms with E-state index in [0.29, 0.717) is 10.3 Å². The van der Waals surface area contributed by atoms with Gasteiger partial charge in [-0.3, -0.25) is 10.1 Å². The number of nitrogens with one attached hydrogen (secondary N) is 1. The van der Waals surface area contributed by atoms with Gasteiger partial charge in [-0.05, 0) is 24.5 Å². The summed E-state index contributed by atoms with van der Waals surface area (Å²) >= 11 is 2.92. The van der Waals surface area contributed by atoms with Crippen LogP contribution < -0.4 is 5.32 Å². The molecule has 0 radical (unpaired) electrons. The first-order valence-corrected chi connectivity index (χ1v) is 8.49. The predicted octanol–water partition coefficient (Wildman–Crippen LogP) is 3.46. The van der Waals surface area contributed by atoms with Gasteiger partial charge in [-0.1, -0.05) is 35.2 Å². The zero-order chi connectivity index (χ0) is 15.4. The first-order chi connectivity index (χ1) is 10.7. The Balaban J connectivity index is 1.67. The SMILES string of the molecule is CSc1ncc(/C=C/C(=O)Nc2nc3ccccc3s2)cn1. The Morgan fingerprint density at radius 2 is 2.05 bits per heavy atom. The van der Waals surface area contributed by atoms with Crippen molar-refractivity contribution in [2.24, 2.45) is 0 Å². The Hall–Kier alpha value is -2.25. The maximum atomic E-state index is 11.9. The molecule has 0 saturated carbocycles. The molecule has 0 saturated heterocycles. The van der Waals surface area contributed by atoms with Crippen LogP contribution in [-0.2, 0) is 4.79 Å². The third kappa shape index (κ3) is 3.49. The number of thiazole rings is 1. The van der Waals surface area contributed by atoms with Gasteiger partial charge in [0.05, 0.1) is 10.2 Å². The number of hydrogen-bond donors (Lipinski definition) is 1. The average molecular weight is 328 g/mol. The number of carbonyl (C=O) groups is 1. The molecule has 0 aliphatic rings. The number of thioether (sulfide) groups is 1. The topological polar surface area (TPSA) is 67.8 Å². The lowest BCUT2D eigenvalue weighted by Gasteiger charge is -1.96. The van der Waals surface area contributed by atoms with Crippen LogP contribution in [0.3, 0.4) is 0 Å². The number of nitrogens with zero attached hydrogens (tertiary/aromatic N) is 3. The van der Waals surface area contributed by atoms with Crippen LogP contribution in [0.2, 0.25) is 0 Å². The molecule has 5 nitrogen and oxygen atoms in total. The quantitative estimate of drug-likeness (QED) is 0.451. The van der Waals surface area contributed by atoms with Gasteiger partial charge in [0.25, 0.3) is 0 Å². The molecule has 3 aromatic rings. The highest BCUT2D eigenvalue weighted by Crippen LogP contribution is 2.25. The van der Waals surface area contributed by atoms with Crippen molar-refractivity contribution in [2.45, 2.75) is 5.16 Å². The molecule has 0 aliphatic heterocycles. The normalized spacial score (nSPS) is 11.1. The van der Waals surface area contributed by atoms with Crippen LogP contribution in [0, 0.1) is 0 Å². The lowest BCUT2D eigenvalue weighted by atomic mass is 10.3. The largest absolute Gasteiger partial charge is 0.298 e. The lowest BCUT2D eigenvalue weighted by Crippen LogP contribution is -2.07. The minimum Gasteiger partial charge on any atom is -0.298 e. The molecule has 7 heteroatoms. The molecule has 22 heavy (non-hydrogen) atoms. The molecular formula is C15H12N4OS2. The van der Waals surface area contributed by atoms with Crippen LogP contribution in [-0.4, -0.2) is 27.1 Å². The van der Waals surface area contributed by atoms with Gasteiger partial charge in [-0.15, -0.1) is 0 Å². The average Bonchev–Trinajstić information content (AvgIpc) is 2.95. The van der Waals surface area contributed by atoms with Crippen LogP contribution in [0.4, 0.5) is 5.13 Å². The maximum Gasteiger partial charge on any atom is 0.250 e. The fourth-order valence-electron chi connectivity index (χ4n) is 1.76. The number of carbonyl (C=O) groups excluding carboxylic acids is 1. The number of aromatic nitrogens is 3. The summed E-state index contributed by atoms with van der Waals surface area (Å²) in [5, 5.41) is 4.05. The second-order valence-corrected chi connectivity index (χ2v) is 6.12. The van der Waals surface area contributed by atoms with Crippen LogP contribution in [0.5, 0.6) is 0 Å². The number of rotatable bonds is 4. The van der Waals surface area contributed by atoms with Gasteiger partial charge < -0.3 is 0 Å². The van der Waals surface area contributed by atoms with Gasteiger partial charge in [-0.2, -0.15) is 0 Å². The molecule has 2 heterocycles. The molecule has 0 fully saturated rings. The molecule has 0 atom stereocenters. The molecule has 1 amide bonds. The highest BCUT2D eigenvalue weighted by Gasteiger charge is 2.05. The summed E-state index contributed by atoms with van der Waals surface area (Å²) in [5.74, 6) is -0.229. The number of fused-ring (bicyclic) bond motifs is 1. The monoisotopic (exact) mass is 328 g/mol. The van der Waals surface area contributed by atoms with Crippen LogP contribution in [0.1, 0.15) is 5.56 Å². The van der Waals surface area contributed by atoms with E-state index in [0.717, 1.165) is 15.8 Å². The Labute approximate surface area is 135 Å². The minimum absolute atomic E-state index is 0.229.